The van der Waals surface area contributed by atoms with Gasteiger partial charge in [-0.25, -0.2) is 4.79 Å². The Bertz CT molecular complexity index is 459. The molecule has 2 rings (SSSR count). The fourth-order valence-electron chi connectivity index (χ4n) is 2.71. The molecular weight excluding hydrogens is 268 g/mol. The number of likely N-dealkylation sites (tertiary alicyclic amines) is 1. The van der Waals surface area contributed by atoms with Crippen molar-refractivity contribution >= 4 is 6.03 Å². The average molecular weight is 292 g/mol. The Morgan fingerprint density at radius 3 is 2.43 bits per heavy atom. The molecule has 116 valence electrons. The standard InChI is InChI=1S/C16H24N2O3/c1-2-16(12-19)7-9-18(10-8-16)15(21)17-11-13-3-5-14(20)6-4-13/h3-6,19-20H,2,7-12H2,1H3,(H,17,21). The van der Waals surface area contributed by atoms with Crippen LogP contribution in [0, 0.1) is 5.41 Å². The smallest absolute Gasteiger partial charge is 0.317 e. The number of piperidine rings is 1. The molecule has 5 nitrogen and oxygen atoms in total. The molecule has 5 heteroatoms. The van der Waals surface area contributed by atoms with E-state index in [1.165, 1.54) is 0 Å². The number of aliphatic hydroxyl groups excluding tert-OH is 1. The SMILES string of the molecule is CCC1(CO)CCN(C(=O)NCc2ccc(O)cc2)CC1. The van der Waals surface area contributed by atoms with E-state index in [-0.39, 0.29) is 23.8 Å². The summed E-state index contributed by atoms with van der Waals surface area (Å²) in [6, 6.07) is 6.74. The number of amides is 2. The summed E-state index contributed by atoms with van der Waals surface area (Å²) in [5.74, 6) is 0.223. The van der Waals surface area contributed by atoms with Crippen molar-refractivity contribution in [1.29, 1.82) is 0 Å². The molecule has 0 unspecified atom stereocenters. The molecule has 1 aromatic carbocycles. The summed E-state index contributed by atoms with van der Waals surface area (Å²) in [7, 11) is 0. The molecule has 1 fully saturated rings. The third-order valence-corrected chi connectivity index (χ3v) is 4.58. The lowest BCUT2D eigenvalue weighted by molar-refractivity contribution is 0.0519. The molecule has 0 aliphatic carbocycles. The molecule has 1 aliphatic heterocycles. The number of aromatic hydroxyl groups is 1. The Kier molecular flexibility index (Phi) is 5.07. The third-order valence-electron chi connectivity index (χ3n) is 4.58. The van der Waals surface area contributed by atoms with Gasteiger partial charge in [-0.15, -0.1) is 0 Å². The first-order chi connectivity index (χ1) is 10.1. The monoisotopic (exact) mass is 292 g/mol. The molecule has 2 amide bonds. The predicted molar refractivity (Wildman–Crippen MR) is 81.0 cm³/mol. The van der Waals surface area contributed by atoms with Crippen molar-refractivity contribution in [2.24, 2.45) is 5.41 Å². The van der Waals surface area contributed by atoms with E-state index in [0.29, 0.717) is 19.6 Å². The van der Waals surface area contributed by atoms with Gasteiger partial charge in [-0.1, -0.05) is 19.1 Å². The zero-order valence-electron chi connectivity index (χ0n) is 12.5. The van der Waals surface area contributed by atoms with Crippen molar-refractivity contribution in [3.05, 3.63) is 29.8 Å². The van der Waals surface area contributed by atoms with Gasteiger partial charge in [-0.05, 0) is 42.4 Å². The van der Waals surface area contributed by atoms with Gasteiger partial charge in [-0.3, -0.25) is 0 Å². The fraction of sp³-hybridized carbons (Fsp3) is 0.562. The Labute approximate surface area is 125 Å². The summed E-state index contributed by atoms with van der Waals surface area (Å²) < 4.78 is 0. The summed E-state index contributed by atoms with van der Waals surface area (Å²) >= 11 is 0. The summed E-state index contributed by atoms with van der Waals surface area (Å²) in [6.45, 7) is 4.13. The van der Waals surface area contributed by atoms with Crippen molar-refractivity contribution in [3.63, 3.8) is 0 Å². The molecule has 1 aliphatic rings. The van der Waals surface area contributed by atoms with Gasteiger partial charge in [0.25, 0.3) is 0 Å². The average Bonchev–Trinajstić information content (AvgIpc) is 2.54. The Balaban J connectivity index is 1.81. The first-order valence-corrected chi connectivity index (χ1v) is 7.50. The van der Waals surface area contributed by atoms with Crippen molar-refractivity contribution < 1.29 is 15.0 Å². The van der Waals surface area contributed by atoms with Gasteiger partial charge in [0, 0.05) is 26.2 Å². The predicted octanol–water partition coefficient (Wildman–Crippen LogP) is 2.09. The first kappa shape index (κ1) is 15.6. The molecule has 1 saturated heterocycles. The van der Waals surface area contributed by atoms with E-state index in [0.717, 1.165) is 24.8 Å². The quantitative estimate of drug-likeness (QED) is 0.795. The number of nitrogens with zero attached hydrogens (tertiary/aromatic N) is 1. The van der Waals surface area contributed by atoms with Crippen molar-refractivity contribution in [3.8, 4) is 5.75 Å². The number of urea groups is 1. The topological polar surface area (TPSA) is 72.8 Å². The van der Waals surface area contributed by atoms with E-state index in [9.17, 15) is 15.0 Å². The maximum atomic E-state index is 12.1. The van der Waals surface area contributed by atoms with Crippen LogP contribution in [0.5, 0.6) is 5.75 Å². The summed E-state index contributed by atoms with van der Waals surface area (Å²) in [6.07, 6.45) is 2.66. The fourth-order valence-corrected chi connectivity index (χ4v) is 2.71. The molecule has 0 saturated carbocycles. The molecular formula is C16H24N2O3. The van der Waals surface area contributed by atoms with Gasteiger partial charge in [0.2, 0.25) is 0 Å². The van der Waals surface area contributed by atoms with E-state index in [1.54, 1.807) is 24.3 Å². The highest BCUT2D eigenvalue weighted by atomic mass is 16.3. The summed E-state index contributed by atoms with van der Waals surface area (Å²) in [5.41, 5.74) is 0.949. The highest BCUT2D eigenvalue weighted by Gasteiger charge is 2.33. The number of carbonyl (C=O) groups excluding carboxylic acids is 1. The first-order valence-electron chi connectivity index (χ1n) is 7.50. The highest BCUT2D eigenvalue weighted by molar-refractivity contribution is 5.74. The normalized spacial score (nSPS) is 17.5. The molecule has 3 N–H and O–H groups in total. The van der Waals surface area contributed by atoms with Crippen LogP contribution in [0.4, 0.5) is 4.79 Å². The molecule has 0 bridgehead atoms. The Hall–Kier alpha value is -1.75. The van der Waals surface area contributed by atoms with E-state index < -0.39 is 0 Å². The van der Waals surface area contributed by atoms with Crippen molar-refractivity contribution in [2.75, 3.05) is 19.7 Å². The van der Waals surface area contributed by atoms with Crippen LogP contribution in [-0.4, -0.2) is 40.8 Å². The number of carbonyl (C=O) groups is 1. The lowest BCUT2D eigenvalue weighted by Gasteiger charge is -2.40. The van der Waals surface area contributed by atoms with Crippen LogP contribution in [-0.2, 0) is 6.54 Å². The third kappa shape index (κ3) is 3.88. The number of nitrogens with one attached hydrogen (secondary N) is 1. The van der Waals surface area contributed by atoms with Crippen LogP contribution >= 0.6 is 0 Å². The number of rotatable bonds is 4. The van der Waals surface area contributed by atoms with Gasteiger partial charge < -0.3 is 20.4 Å². The molecule has 21 heavy (non-hydrogen) atoms. The number of aliphatic hydroxyl groups is 1. The molecule has 0 spiro atoms. The van der Waals surface area contributed by atoms with Crippen LogP contribution in [0.3, 0.4) is 0 Å². The van der Waals surface area contributed by atoms with Crippen LogP contribution in [0.25, 0.3) is 0 Å². The van der Waals surface area contributed by atoms with E-state index in [2.05, 4.69) is 12.2 Å². The second-order valence-corrected chi connectivity index (χ2v) is 5.82. The minimum Gasteiger partial charge on any atom is -0.508 e. The minimum absolute atomic E-state index is 0.00621. The number of phenolic OH excluding ortho intramolecular Hbond substituents is 1. The second-order valence-electron chi connectivity index (χ2n) is 5.82. The largest absolute Gasteiger partial charge is 0.508 e. The van der Waals surface area contributed by atoms with Gasteiger partial charge in [0.15, 0.2) is 0 Å². The number of phenols is 1. The van der Waals surface area contributed by atoms with Gasteiger partial charge in [0.05, 0.1) is 0 Å². The molecule has 0 radical (unpaired) electrons. The maximum Gasteiger partial charge on any atom is 0.317 e. The van der Waals surface area contributed by atoms with Crippen molar-refractivity contribution in [1.82, 2.24) is 10.2 Å². The molecule has 1 aromatic rings. The Morgan fingerprint density at radius 2 is 1.90 bits per heavy atom. The second kappa shape index (κ2) is 6.80. The van der Waals surface area contributed by atoms with E-state index in [4.69, 9.17) is 0 Å². The molecule has 0 atom stereocenters. The van der Waals surface area contributed by atoms with Crippen LogP contribution in [0.1, 0.15) is 31.7 Å². The minimum atomic E-state index is -0.0642. The number of hydrogen-bond donors (Lipinski definition) is 3. The van der Waals surface area contributed by atoms with Crippen LogP contribution in [0.15, 0.2) is 24.3 Å². The molecule has 0 aromatic heterocycles. The summed E-state index contributed by atoms with van der Waals surface area (Å²) in [4.78, 5) is 13.9. The van der Waals surface area contributed by atoms with Crippen LogP contribution < -0.4 is 5.32 Å². The number of hydrogen-bond acceptors (Lipinski definition) is 3. The lowest BCUT2D eigenvalue weighted by atomic mass is 9.77. The van der Waals surface area contributed by atoms with E-state index >= 15 is 0 Å². The highest BCUT2D eigenvalue weighted by Crippen LogP contribution is 2.34. The zero-order chi connectivity index (χ0) is 15.3. The van der Waals surface area contributed by atoms with Crippen LogP contribution in [0.2, 0.25) is 0 Å². The zero-order valence-corrected chi connectivity index (χ0v) is 12.5. The summed E-state index contributed by atoms with van der Waals surface area (Å²) in [5, 5.41) is 21.6. The maximum absolute atomic E-state index is 12.1. The number of benzene rings is 1. The van der Waals surface area contributed by atoms with Gasteiger partial charge in [0.1, 0.15) is 5.75 Å². The van der Waals surface area contributed by atoms with E-state index in [1.807, 2.05) is 4.90 Å². The Morgan fingerprint density at radius 1 is 1.29 bits per heavy atom. The molecule has 1 heterocycles. The van der Waals surface area contributed by atoms with Crippen molar-refractivity contribution in [2.45, 2.75) is 32.7 Å². The van der Waals surface area contributed by atoms with Gasteiger partial charge in [-0.2, -0.15) is 0 Å². The van der Waals surface area contributed by atoms with Gasteiger partial charge >= 0.3 is 6.03 Å². The lowest BCUT2D eigenvalue weighted by Crippen LogP contribution is -2.48.